The Morgan fingerprint density at radius 2 is 1.29 bits per heavy atom. The summed E-state index contributed by atoms with van der Waals surface area (Å²) < 4.78 is 24.2. The zero-order chi connectivity index (χ0) is 23.0. The average Bonchev–Trinajstić information content (AvgIpc) is 3.25. The Hall–Kier alpha value is -1.82. The van der Waals surface area contributed by atoms with Crippen LogP contribution < -0.4 is 0 Å². The van der Waals surface area contributed by atoms with Crippen molar-refractivity contribution < 1.29 is 73.7 Å². The summed E-state index contributed by atoms with van der Waals surface area (Å²) in [4.78, 5) is 31.9. The molecular weight excluding hydrogens is 432 g/mol. The summed E-state index contributed by atoms with van der Waals surface area (Å²) in [5.74, 6) is 0. The van der Waals surface area contributed by atoms with E-state index in [2.05, 4.69) is 14.5 Å². The Kier molecular flexibility index (Phi) is 10.1. The number of rotatable bonds is 10. The first-order chi connectivity index (χ1) is 14.8. The smallest absolute Gasteiger partial charge is 0.432 e. The van der Waals surface area contributed by atoms with E-state index in [1.807, 2.05) is 0 Å². The number of aliphatic hydroxyl groups is 6. The lowest BCUT2D eigenvalue weighted by Crippen LogP contribution is -2.43. The van der Waals surface area contributed by atoms with E-state index < -0.39 is 87.6 Å². The van der Waals surface area contributed by atoms with E-state index in [0.717, 1.165) is 0 Å². The summed E-state index contributed by atoms with van der Waals surface area (Å²) in [6, 6.07) is 0. The molecule has 0 amide bonds. The predicted molar refractivity (Wildman–Crippen MR) is 91.2 cm³/mol. The molecular formula is C16H26O15. The Morgan fingerprint density at radius 1 is 0.806 bits per heavy atom. The third kappa shape index (κ3) is 7.09. The number of carbonyl (C=O) groups excluding carboxylic acids is 2. The number of ether oxygens (including phenoxy) is 5. The monoisotopic (exact) mass is 458 g/mol. The van der Waals surface area contributed by atoms with Gasteiger partial charge in [-0.2, -0.15) is 4.89 Å². The summed E-state index contributed by atoms with van der Waals surface area (Å²) in [7, 11) is 0. The van der Waals surface area contributed by atoms with E-state index in [-0.39, 0.29) is 13.2 Å². The van der Waals surface area contributed by atoms with Crippen LogP contribution in [0.2, 0.25) is 0 Å². The number of aliphatic hydroxyl groups excluding tert-OH is 6. The zero-order valence-corrected chi connectivity index (χ0v) is 16.2. The molecule has 2 fully saturated rings. The third-order valence-corrected chi connectivity index (χ3v) is 4.48. The molecule has 0 aromatic heterocycles. The van der Waals surface area contributed by atoms with E-state index in [9.17, 15) is 40.2 Å². The highest BCUT2D eigenvalue weighted by Gasteiger charge is 2.42. The minimum atomic E-state index is -1.38. The topological polar surface area (TPSA) is 220 Å². The van der Waals surface area contributed by atoms with Gasteiger partial charge in [0.25, 0.3) is 0 Å². The van der Waals surface area contributed by atoms with Gasteiger partial charge in [0, 0.05) is 0 Å². The summed E-state index contributed by atoms with van der Waals surface area (Å²) in [6.07, 6.45) is -12.6. The van der Waals surface area contributed by atoms with Crippen LogP contribution in [0.1, 0.15) is 0 Å². The van der Waals surface area contributed by atoms with Crippen LogP contribution in [0.15, 0.2) is 0 Å². The van der Waals surface area contributed by atoms with Gasteiger partial charge in [0.2, 0.25) is 0 Å². The molecule has 0 spiro atoms. The van der Waals surface area contributed by atoms with Crippen LogP contribution in [-0.2, 0) is 33.5 Å². The van der Waals surface area contributed by atoms with Crippen LogP contribution in [0.5, 0.6) is 0 Å². The summed E-state index contributed by atoms with van der Waals surface area (Å²) in [6.45, 7) is -2.69. The second kappa shape index (κ2) is 12.3. The van der Waals surface area contributed by atoms with Gasteiger partial charge < -0.3 is 54.3 Å². The Labute approximate surface area is 175 Å². The normalized spacial score (nSPS) is 32.3. The molecule has 0 saturated carbocycles. The van der Waals surface area contributed by atoms with Crippen molar-refractivity contribution in [3.8, 4) is 0 Å². The van der Waals surface area contributed by atoms with Gasteiger partial charge in [-0.25, -0.2) is 9.59 Å². The molecule has 2 aliphatic heterocycles. The van der Waals surface area contributed by atoms with Crippen LogP contribution in [0.3, 0.4) is 0 Å². The minimum absolute atomic E-state index is 0.189. The molecule has 0 bridgehead atoms. The van der Waals surface area contributed by atoms with Crippen molar-refractivity contribution in [3.63, 3.8) is 0 Å². The maximum Gasteiger partial charge on any atom is 0.540 e. The maximum atomic E-state index is 11.6. The second-order valence-electron chi connectivity index (χ2n) is 6.64. The highest BCUT2D eigenvalue weighted by atomic mass is 17.2. The van der Waals surface area contributed by atoms with E-state index in [4.69, 9.17) is 18.9 Å². The lowest BCUT2D eigenvalue weighted by molar-refractivity contribution is -0.265. The van der Waals surface area contributed by atoms with Gasteiger partial charge in [-0.05, 0) is 0 Å². The quantitative estimate of drug-likeness (QED) is 0.0799. The van der Waals surface area contributed by atoms with Crippen molar-refractivity contribution in [1.82, 2.24) is 0 Å². The summed E-state index contributed by atoms with van der Waals surface area (Å²) in [5.41, 5.74) is 0. The number of hydrogen-bond acceptors (Lipinski definition) is 15. The molecule has 0 radical (unpaired) electrons. The maximum absolute atomic E-state index is 11.6. The van der Waals surface area contributed by atoms with Gasteiger partial charge in [-0.1, -0.05) is 0 Å². The molecule has 6 N–H and O–H groups in total. The van der Waals surface area contributed by atoms with Crippen molar-refractivity contribution in [2.45, 2.75) is 48.8 Å². The Morgan fingerprint density at radius 3 is 1.71 bits per heavy atom. The molecule has 0 aromatic carbocycles. The molecule has 2 aliphatic rings. The molecule has 2 rings (SSSR count). The largest absolute Gasteiger partial charge is 0.540 e. The van der Waals surface area contributed by atoms with E-state index in [1.165, 1.54) is 0 Å². The minimum Gasteiger partial charge on any atom is -0.432 e. The van der Waals surface area contributed by atoms with E-state index in [0.29, 0.717) is 0 Å². The standard InChI is InChI=1S/C16H26O15/c17-3-9(13-11(21)7(19)5-26-13)29-15(23)25-1-2-28-31-16(24)30-10(4-18)14-12(22)8(20)6-27-14/h7-14,17-22H,1-6H2/t7-,8-,9+,10+,11+,12+,13+,14+/m0/s1. The van der Waals surface area contributed by atoms with Crippen LogP contribution in [0.4, 0.5) is 9.59 Å². The number of hydrogen-bond donors (Lipinski definition) is 6. The molecule has 15 nitrogen and oxygen atoms in total. The molecule has 0 aromatic rings. The van der Waals surface area contributed by atoms with Crippen molar-refractivity contribution in [3.05, 3.63) is 0 Å². The summed E-state index contributed by atoms with van der Waals surface area (Å²) in [5, 5.41) is 56.7. The van der Waals surface area contributed by atoms with Gasteiger partial charge in [-0.3, -0.25) is 4.89 Å². The third-order valence-electron chi connectivity index (χ3n) is 4.48. The van der Waals surface area contributed by atoms with Crippen molar-refractivity contribution in [1.29, 1.82) is 0 Å². The fourth-order valence-corrected chi connectivity index (χ4v) is 2.87. The first-order valence-corrected chi connectivity index (χ1v) is 9.29. The lowest BCUT2D eigenvalue weighted by Gasteiger charge is -2.23. The van der Waals surface area contributed by atoms with Crippen LogP contribution in [0, 0.1) is 0 Å². The zero-order valence-electron chi connectivity index (χ0n) is 16.2. The first kappa shape index (κ1) is 25.4. The van der Waals surface area contributed by atoms with Gasteiger partial charge in [0.1, 0.15) is 49.8 Å². The molecule has 0 aliphatic carbocycles. The van der Waals surface area contributed by atoms with Gasteiger partial charge in [-0.15, -0.1) is 0 Å². The van der Waals surface area contributed by atoms with Crippen molar-refractivity contribution in [2.75, 3.05) is 39.6 Å². The van der Waals surface area contributed by atoms with Crippen molar-refractivity contribution in [2.24, 2.45) is 0 Å². The Bertz CT molecular complexity index is 525. The molecule has 8 atom stereocenters. The highest BCUT2D eigenvalue weighted by molar-refractivity contribution is 5.60. The van der Waals surface area contributed by atoms with E-state index >= 15 is 0 Å². The summed E-state index contributed by atoms with van der Waals surface area (Å²) >= 11 is 0. The molecule has 2 saturated heterocycles. The SMILES string of the molecule is O=C(OCCOOC(=O)O[C@H](CO)[C@H]1OC[C@H](O)[C@H]1O)O[C@H](CO)[C@H]1OC[C@H](O)[C@H]1O. The molecule has 180 valence electrons. The average molecular weight is 458 g/mol. The van der Waals surface area contributed by atoms with Gasteiger partial charge >= 0.3 is 12.3 Å². The predicted octanol–water partition coefficient (Wildman–Crippen LogP) is -3.81. The molecule has 2 heterocycles. The number of carbonyl (C=O) groups is 2. The first-order valence-electron chi connectivity index (χ1n) is 9.29. The molecule has 15 heteroatoms. The van der Waals surface area contributed by atoms with Crippen LogP contribution in [-0.4, -0.2) is 131 Å². The lowest BCUT2D eigenvalue weighted by atomic mass is 10.1. The highest BCUT2D eigenvalue weighted by Crippen LogP contribution is 2.21. The fraction of sp³-hybridized carbons (Fsp3) is 0.875. The van der Waals surface area contributed by atoms with Crippen molar-refractivity contribution >= 4 is 12.3 Å². The second-order valence-corrected chi connectivity index (χ2v) is 6.64. The van der Waals surface area contributed by atoms with Gasteiger partial charge in [0.05, 0.1) is 26.4 Å². The van der Waals surface area contributed by atoms with Crippen LogP contribution >= 0.6 is 0 Å². The fourth-order valence-electron chi connectivity index (χ4n) is 2.87. The molecule has 31 heavy (non-hydrogen) atoms. The van der Waals surface area contributed by atoms with E-state index in [1.54, 1.807) is 0 Å². The van der Waals surface area contributed by atoms with Crippen LogP contribution in [0.25, 0.3) is 0 Å². The molecule has 0 unspecified atom stereocenters. The van der Waals surface area contributed by atoms with Gasteiger partial charge in [0.15, 0.2) is 12.2 Å². The Balaban J connectivity index is 1.61.